The molecule has 0 saturated carbocycles. The number of fused-ring (bicyclic) bond motifs is 1. The van der Waals surface area contributed by atoms with Crippen LogP contribution >= 0.6 is 11.6 Å². The number of benzene rings is 1. The van der Waals surface area contributed by atoms with Crippen molar-refractivity contribution in [2.75, 3.05) is 18.8 Å². The predicted octanol–water partition coefficient (Wildman–Crippen LogP) is 5.07. The number of nitrogen functional groups attached to an aromatic ring is 1. The number of imidazole rings is 1. The summed E-state index contributed by atoms with van der Waals surface area (Å²) in [5, 5.41) is 11.0. The second kappa shape index (κ2) is 9.48. The zero-order chi connectivity index (χ0) is 25.7. The lowest BCUT2D eigenvalue weighted by atomic mass is 9.94. The van der Waals surface area contributed by atoms with Gasteiger partial charge < -0.3 is 15.6 Å². The first-order valence-electron chi connectivity index (χ1n) is 11.5. The van der Waals surface area contributed by atoms with Gasteiger partial charge in [-0.3, -0.25) is 9.30 Å². The lowest BCUT2D eigenvalue weighted by Crippen LogP contribution is -2.41. The van der Waals surface area contributed by atoms with Crippen molar-refractivity contribution in [3.8, 4) is 5.75 Å². The van der Waals surface area contributed by atoms with E-state index in [1.165, 1.54) is 11.0 Å². The average Bonchev–Trinajstić information content (AvgIpc) is 3.13. The molecule has 4 rings (SSSR count). The molecule has 2 aromatic heterocycles. The number of aromatic nitrogens is 3. The number of rotatable bonds is 6. The molecule has 3 heterocycles. The van der Waals surface area contributed by atoms with Crippen molar-refractivity contribution in [2.24, 2.45) is 0 Å². The van der Waals surface area contributed by atoms with Gasteiger partial charge in [0.15, 0.2) is 5.82 Å². The Labute approximate surface area is 206 Å². The third kappa shape index (κ3) is 4.79. The SMILES string of the molecule is Cc1nc([C@H](C)c2cc(Cl)c(F)c(C(O)N3CCC(F)(F)CC3)c2OC(C)C)n2ccnc(N)c12. The molecule has 190 valence electrons. The predicted molar refractivity (Wildman–Crippen MR) is 128 cm³/mol. The van der Waals surface area contributed by atoms with Crippen LogP contribution in [0.15, 0.2) is 18.5 Å². The van der Waals surface area contributed by atoms with Gasteiger partial charge in [0.25, 0.3) is 5.92 Å². The van der Waals surface area contributed by atoms with Crippen molar-refractivity contribution in [2.45, 2.75) is 64.7 Å². The minimum Gasteiger partial charge on any atom is -0.490 e. The summed E-state index contributed by atoms with van der Waals surface area (Å²) in [5.41, 5.74) is 7.72. The van der Waals surface area contributed by atoms with E-state index in [9.17, 15) is 13.9 Å². The first-order valence-corrected chi connectivity index (χ1v) is 11.9. The molecule has 1 aromatic carbocycles. The minimum atomic E-state index is -2.81. The maximum absolute atomic E-state index is 15.4. The number of aliphatic hydroxyl groups is 1. The van der Waals surface area contributed by atoms with E-state index in [1.54, 1.807) is 26.2 Å². The van der Waals surface area contributed by atoms with Crippen LogP contribution in [0, 0.1) is 12.7 Å². The summed E-state index contributed by atoms with van der Waals surface area (Å²) in [6, 6.07) is 1.46. The number of hydrogen-bond donors (Lipinski definition) is 2. The Kier molecular flexibility index (Phi) is 6.91. The van der Waals surface area contributed by atoms with Gasteiger partial charge in [0.1, 0.15) is 29.1 Å². The Bertz CT molecular complexity index is 1240. The van der Waals surface area contributed by atoms with Gasteiger partial charge in [-0.25, -0.2) is 23.1 Å². The van der Waals surface area contributed by atoms with E-state index in [0.717, 1.165) is 0 Å². The molecule has 1 aliphatic rings. The summed E-state index contributed by atoms with van der Waals surface area (Å²) in [6.07, 6.45) is 0.564. The van der Waals surface area contributed by atoms with E-state index in [2.05, 4.69) is 9.97 Å². The highest BCUT2D eigenvalue weighted by atomic mass is 35.5. The lowest BCUT2D eigenvalue weighted by molar-refractivity contribution is -0.0974. The number of halogens is 4. The molecule has 1 saturated heterocycles. The summed E-state index contributed by atoms with van der Waals surface area (Å²) in [5.74, 6) is -3.07. The molecule has 1 unspecified atom stereocenters. The fourth-order valence-corrected chi connectivity index (χ4v) is 4.78. The summed E-state index contributed by atoms with van der Waals surface area (Å²) >= 11 is 6.30. The van der Waals surface area contributed by atoms with Crippen LogP contribution in [0.1, 0.15) is 68.4 Å². The highest BCUT2D eigenvalue weighted by Crippen LogP contribution is 2.44. The fourth-order valence-electron chi connectivity index (χ4n) is 4.56. The smallest absolute Gasteiger partial charge is 0.250 e. The zero-order valence-electron chi connectivity index (χ0n) is 20.0. The first kappa shape index (κ1) is 25.5. The maximum atomic E-state index is 15.4. The molecule has 2 atom stereocenters. The maximum Gasteiger partial charge on any atom is 0.250 e. The number of piperidine rings is 1. The van der Waals surface area contributed by atoms with Crippen LogP contribution < -0.4 is 10.5 Å². The van der Waals surface area contributed by atoms with Crippen LogP contribution in [0.2, 0.25) is 5.02 Å². The first-order chi connectivity index (χ1) is 16.4. The number of hydrogen-bond acceptors (Lipinski definition) is 6. The summed E-state index contributed by atoms with van der Waals surface area (Å²) in [7, 11) is 0. The molecule has 0 aliphatic carbocycles. The Morgan fingerprint density at radius 1 is 1.23 bits per heavy atom. The molecular weight excluding hydrogens is 483 g/mol. The number of aryl methyl sites for hydroxylation is 1. The third-order valence-electron chi connectivity index (χ3n) is 6.36. The molecular formula is C24H29ClF3N5O2. The largest absolute Gasteiger partial charge is 0.490 e. The molecule has 11 heteroatoms. The molecule has 0 amide bonds. The van der Waals surface area contributed by atoms with Crippen LogP contribution in [-0.4, -0.2) is 49.5 Å². The normalized spacial score (nSPS) is 18.2. The molecule has 0 bridgehead atoms. The Morgan fingerprint density at radius 3 is 2.51 bits per heavy atom. The van der Waals surface area contributed by atoms with Gasteiger partial charge >= 0.3 is 0 Å². The number of aliphatic hydroxyl groups excluding tert-OH is 1. The van der Waals surface area contributed by atoms with Gasteiger partial charge in [-0.2, -0.15) is 0 Å². The van der Waals surface area contributed by atoms with Crippen molar-refractivity contribution >= 4 is 22.9 Å². The number of likely N-dealkylation sites (tertiary alicyclic amines) is 1. The summed E-state index contributed by atoms with van der Waals surface area (Å²) < 4.78 is 50.7. The van der Waals surface area contributed by atoms with Crippen LogP contribution in [0.25, 0.3) is 5.52 Å². The van der Waals surface area contributed by atoms with Crippen molar-refractivity contribution in [3.05, 3.63) is 51.9 Å². The van der Waals surface area contributed by atoms with Gasteiger partial charge in [0, 0.05) is 49.8 Å². The van der Waals surface area contributed by atoms with Crippen LogP contribution in [0.5, 0.6) is 5.75 Å². The highest BCUT2D eigenvalue weighted by molar-refractivity contribution is 6.31. The molecule has 3 aromatic rings. The van der Waals surface area contributed by atoms with Crippen LogP contribution in [0.3, 0.4) is 0 Å². The van der Waals surface area contributed by atoms with E-state index in [0.29, 0.717) is 28.4 Å². The van der Waals surface area contributed by atoms with Crippen molar-refractivity contribution in [1.29, 1.82) is 0 Å². The molecule has 3 N–H and O–H groups in total. The summed E-state index contributed by atoms with van der Waals surface area (Å²) in [4.78, 5) is 10.2. The number of alkyl halides is 2. The van der Waals surface area contributed by atoms with E-state index >= 15 is 4.39 Å². The van der Waals surface area contributed by atoms with E-state index in [4.69, 9.17) is 22.1 Å². The third-order valence-corrected chi connectivity index (χ3v) is 6.64. The highest BCUT2D eigenvalue weighted by Gasteiger charge is 2.39. The fraction of sp³-hybridized carbons (Fsp3) is 0.500. The van der Waals surface area contributed by atoms with E-state index in [1.807, 2.05) is 18.2 Å². The van der Waals surface area contributed by atoms with Crippen LogP contribution in [-0.2, 0) is 0 Å². The lowest BCUT2D eigenvalue weighted by Gasteiger charge is -2.36. The van der Waals surface area contributed by atoms with Gasteiger partial charge in [-0.15, -0.1) is 0 Å². The van der Waals surface area contributed by atoms with Gasteiger partial charge in [-0.05, 0) is 26.8 Å². The topological polar surface area (TPSA) is 88.9 Å². The van der Waals surface area contributed by atoms with Gasteiger partial charge in [0.05, 0.1) is 22.4 Å². The number of anilines is 1. The van der Waals surface area contributed by atoms with Crippen molar-refractivity contribution < 1.29 is 23.0 Å². The Morgan fingerprint density at radius 2 is 1.89 bits per heavy atom. The molecule has 1 fully saturated rings. The van der Waals surface area contributed by atoms with Crippen LogP contribution in [0.4, 0.5) is 19.0 Å². The number of nitrogens with zero attached hydrogens (tertiary/aromatic N) is 4. The molecule has 0 spiro atoms. The van der Waals surface area contributed by atoms with Gasteiger partial charge in [0.2, 0.25) is 0 Å². The summed E-state index contributed by atoms with van der Waals surface area (Å²) in [6.45, 7) is 7.04. The van der Waals surface area contributed by atoms with Crippen molar-refractivity contribution in [3.63, 3.8) is 0 Å². The molecule has 1 aliphatic heterocycles. The van der Waals surface area contributed by atoms with E-state index < -0.39 is 36.7 Å². The number of nitrogens with two attached hydrogens (primary N) is 1. The quantitative estimate of drug-likeness (QED) is 0.480. The standard InChI is InChI=1S/C24H29ClF3N5O2/c1-12(2)35-20-15(13(3)22-31-14(4)19-21(29)30-7-10-33(19)22)11-16(25)18(26)17(20)23(34)32-8-5-24(27,28)6-9-32/h7,10-13,23,34H,5-6,8-9H2,1-4H3,(H2,29,30)/t13-,23?/m1/s1. The average molecular weight is 512 g/mol. The number of ether oxygens (including phenoxy) is 1. The van der Waals surface area contributed by atoms with E-state index in [-0.39, 0.29) is 35.5 Å². The Hall–Kier alpha value is -2.56. The minimum absolute atomic E-state index is 0.0947. The molecule has 35 heavy (non-hydrogen) atoms. The Balaban J connectivity index is 1.85. The van der Waals surface area contributed by atoms with Crippen molar-refractivity contribution in [1.82, 2.24) is 19.3 Å². The monoisotopic (exact) mass is 511 g/mol. The second-order valence-electron chi connectivity index (χ2n) is 9.24. The second-order valence-corrected chi connectivity index (χ2v) is 9.65. The van der Waals surface area contributed by atoms with Gasteiger partial charge in [-0.1, -0.05) is 18.5 Å². The molecule has 7 nitrogen and oxygen atoms in total. The molecule has 0 radical (unpaired) electrons. The zero-order valence-corrected chi connectivity index (χ0v) is 20.8.